The van der Waals surface area contributed by atoms with Crippen molar-refractivity contribution in [2.45, 2.75) is 65.1 Å². The number of carbonyl (C=O) groups excluding carboxylic acids is 1. The van der Waals surface area contributed by atoms with E-state index < -0.39 is 5.60 Å². The quantitative estimate of drug-likeness (QED) is 0.799. The average Bonchev–Trinajstić information content (AvgIpc) is 2.27. The highest BCUT2D eigenvalue weighted by atomic mass is 16.3. The SMILES string of the molecule is CC(C)C(=O)N1CCC(NC(C)C(C)(C)O)CC1. The van der Waals surface area contributed by atoms with Gasteiger partial charge in [-0.15, -0.1) is 0 Å². The van der Waals surface area contributed by atoms with E-state index in [2.05, 4.69) is 5.32 Å². The Balaban J connectivity index is 2.38. The predicted molar refractivity (Wildman–Crippen MR) is 73.3 cm³/mol. The third-order valence-corrected chi connectivity index (χ3v) is 3.85. The maximum absolute atomic E-state index is 11.9. The molecule has 0 aromatic heterocycles. The van der Waals surface area contributed by atoms with Crippen molar-refractivity contribution >= 4 is 5.91 Å². The van der Waals surface area contributed by atoms with E-state index in [0.717, 1.165) is 25.9 Å². The van der Waals surface area contributed by atoms with Gasteiger partial charge in [-0.05, 0) is 33.6 Å². The number of likely N-dealkylation sites (tertiary alicyclic amines) is 1. The fourth-order valence-corrected chi connectivity index (χ4v) is 2.19. The molecule has 106 valence electrons. The minimum absolute atomic E-state index is 0.0647. The molecule has 0 aliphatic carbocycles. The molecule has 2 N–H and O–H groups in total. The van der Waals surface area contributed by atoms with E-state index >= 15 is 0 Å². The molecule has 0 bridgehead atoms. The fourth-order valence-electron chi connectivity index (χ4n) is 2.19. The van der Waals surface area contributed by atoms with Gasteiger partial charge in [0.15, 0.2) is 0 Å². The van der Waals surface area contributed by atoms with E-state index in [0.29, 0.717) is 6.04 Å². The van der Waals surface area contributed by atoms with Gasteiger partial charge in [-0.1, -0.05) is 13.8 Å². The lowest BCUT2D eigenvalue weighted by Crippen LogP contribution is -2.53. The summed E-state index contributed by atoms with van der Waals surface area (Å²) in [5.74, 6) is 0.341. The second kappa shape index (κ2) is 6.02. The second-order valence-electron chi connectivity index (χ2n) is 6.30. The van der Waals surface area contributed by atoms with Gasteiger partial charge in [0.05, 0.1) is 5.60 Å². The number of aliphatic hydroxyl groups is 1. The molecule has 1 heterocycles. The summed E-state index contributed by atoms with van der Waals surface area (Å²) in [4.78, 5) is 13.8. The standard InChI is InChI=1S/C14H28N2O2/c1-10(2)13(17)16-8-6-12(7-9-16)15-11(3)14(4,5)18/h10-12,15,18H,6-9H2,1-5H3. The number of rotatable bonds is 4. The minimum atomic E-state index is -0.703. The molecule has 4 nitrogen and oxygen atoms in total. The van der Waals surface area contributed by atoms with Crippen LogP contribution in [0.15, 0.2) is 0 Å². The zero-order valence-electron chi connectivity index (χ0n) is 12.4. The summed E-state index contributed by atoms with van der Waals surface area (Å²) in [7, 11) is 0. The zero-order valence-corrected chi connectivity index (χ0v) is 12.4. The molecule has 1 fully saturated rings. The Labute approximate surface area is 111 Å². The van der Waals surface area contributed by atoms with Gasteiger partial charge < -0.3 is 15.3 Å². The van der Waals surface area contributed by atoms with Crippen LogP contribution >= 0.6 is 0 Å². The minimum Gasteiger partial charge on any atom is -0.389 e. The Kier molecular flexibility index (Phi) is 5.17. The maximum Gasteiger partial charge on any atom is 0.225 e. The highest BCUT2D eigenvalue weighted by Gasteiger charge is 2.28. The second-order valence-corrected chi connectivity index (χ2v) is 6.30. The van der Waals surface area contributed by atoms with Gasteiger partial charge in [-0.3, -0.25) is 4.79 Å². The summed E-state index contributed by atoms with van der Waals surface area (Å²) < 4.78 is 0. The summed E-state index contributed by atoms with van der Waals surface area (Å²) in [5, 5.41) is 13.4. The molecule has 0 radical (unpaired) electrons. The molecular weight excluding hydrogens is 228 g/mol. The van der Waals surface area contributed by atoms with Gasteiger partial charge in [0.2, 0.25) is 5.91 Å². The van der Waals surface area contributed by atoms with Crippen molar-refractivity contribution in [3.63, 3.8) is 0 Å². The van der Waals surface area contributed by atoms with Crippen molar-refractivity contribution in [2.75, 3.05) is 13.1 Å². The Hall–Kier alpha value is -0.610. The van der Waals surface area contributed by atoms with Crippen LogP contribution in [-0.4, -0.2) is 46.7 Å². The maximum atomic E-state index is 11.9. The van der Waals surface area contributed by atoms with E-state index in [1.165, 1.54) is 0 Å². The summed E-state index contributed by atoms with van der Waals surface area (Å²) in [6.07, 6.45) is 1.94. The number of carbonyl (C=O) groups is 1. The van der Waals surface area contributed by atoms with E-state index in [1.807, 2.05) is 39.5 Å². The predicted octanol–water partition coefficient (Wildman–Crippen LogP) is 1.38. The van der Waals surface area contributed by atoms with Crippen LogP contribution in [0, 0.1) is 5.92 Å². The lowest BCUT2D eigenvalue weighted by molar-refractivity contribution is -0.135. The van der Waals surface area contributed by atoms with Crippen LogP contribution in [0.2, 0.25) is 0 Å². The van der Waals surface area contributed by atoms with Gasteiger partial charge in [0, 0.05) is 31.1 Å². The van der Waals surface area contributed by atoms with E-state index in [4.69, 9.17) is 0 Å². The molecule has 18 heavy (non-hydrogen) atoms. The number of nitrogens with zero attached hydrogens (tertiary/aromatic N) is 1. The van der Waals surface area contributed by atoms with Crippen LogP contribution in [0.1, 0.15) is 47.5 Å². The molecule has 1 atom stereocenters. The lowest BCUT2D eigenvalue weighted by Gasteiger charge is -2.37. The first-order valence-electron chi connectivity index (χ1n) is 6.99. The number of piperidine rings is 1. The molecule has 0 aromatic carbocycles. The normalized spacial score (nSPS) is 20.3. The molecule has 1 aliphatic heterocycles. The first-order chi connectivity index (χ1) is 8.21. The van der Waals surface area contributed by atoms with Crippen molar-refractivity contribution < 1.29 is 9.90 Å². The highest BCUT2D eigenvalue weighted by molar-refractivity contribution is 5.78. The summed E-state index contributed by atoms with van der Waals surface area (Å²) in [6, 6.07) is 0.470. The Morgan fingerprint density at radius 3 is 2.17 bits per heavy atom. The van der Waals surface area contributed by atoms with Crippen LogP contribution in [0.5, 0.6) is 0 Å². The third kappa shape index (κ3) is 4.25. The first-order valence-corrected chi connectivity index (χ1v) is 6.99. The molecule has 0 spiro atoms. The van der Waals surface area contributed by atoms with Gasteiger partial charge >= 0.3 is 0 Å². The molecule has 1 aliphatic rings. The monoisotopic (exact) mass is 256 g/mol. The fraction of sp³-hybridized carbons (Fsp3) is 0.929. The molecule has 1 amide bonds. The molecular formula is C14H28N2O2. The molecule has 0 saturated carbocycles. The Bertz CT molecular complexity index is 276. The Morgan fingerprint density at radius 1 is 1.28 bits per heavy atom. The Morgan fingerprint density at radius 2 is 1.78 bits per heavy atom. The van der Waals surface area contributed by atoms with Gasteiger partial charge in [-0.2, -0.15) is 0 Å². The average molecular weight is 256 g/mol. The van der Waals surface area contributed by atoms with Crippen molar-refractivity contribution in [3.8, 4) is 0 Å². The van der Waals surface area contributed by atoms with Crippen LogP contribution < -0.4 is 5.32 Å². The van der Waals surface area contributed by atoms with Gasteiger partial charge in [-0.25, -0.2) is 0 Å². The van der Waals surface area contributed by atoms with E-state index in [9.17, 15) is 9.90 Å². The van der Waals surface area contributed by atoms with Gasteiger partial charge in [0.1, 0.15) is 0 Å². The summed E-state index contributed by atoms with van der Waals surface area (Å²) in [5.41, 5.74) is -0.703. The molecule has 4 heteroatoms. The van der Waals surface area contributed by atoms with E-state index in [-0.39, 0.29) is 17.9 Å². The summed E-state index contributed by atoms with van der Waals surface area (Å²) in [6.45, 7) is 11.2. The van der Waals surface area contributed by atoms with Crippen molar-refractivity contribution in [2.24, 2.45) is 5.92 Å². The number of amides is 1. The lowest BCUT2D eigenvalue weighted by atomic mass is 9.97. The third-order valence-electron chi connectivity index (χ3n) is 3.85. The summed E-state index contributed by atoms with van der Waals surface area (Å²) >= 11 is 0. The molecule has 0 aromatic rings. The van der Waals surface area contributed by atoms with Crippen LogP contribution in [0.25, 0.3) is 0 Å². The van der Waals surface area contributed by atoms with Crippen LogP contribution in [0.3, 0.4) is 0 Å². The molecule has 1 saturated heterocycles. The molecule has 1 unspecified atom stereocenters. The smallest absolute Gasteiger partial charge is 0.225 e. The van der Waals surface area contributed by atoms with Crippen LogP contribution in [0.4, 0.5) is 0 Å². The van der Waals surface area contributed by atoms with E-state index in [1.54, 1.807) is 0 Å². The largest absolute Gasteiger partial charge is 0.389 e. The highest BCUT2D eigenvalue weighted by Crippen LogP contribution is 2.16. The van der Waals surface area contributed by atoms with Crippen molar-refractivity contribution in [1.82, 2.24) is 10.2 Å². The van der Waals surface area contributed by atoms with Gasteiger partial charge in [0.25, 0.3) is 0 Å². The van der Waals surface area contributed by atoms with Crippen LogP contribution in [-0.2, 0) is 4.79 Å². The first kappa shape index (κ1) is 15.4. The zero-order chi connectivity index (χ0) is 13.9. The van der Waals surface area contributed by atoms with Crippen molar-refractivity contribution in [3.05, 3.63) is 0 Å². The number of hydrogen-bond donors (Lipinski definition) is 2. The number of nitrogens with one attached hydrogen (secondary N) is 1. The topological polar surface area (TPSA) is 52.6 Å². The van der Waals surface area contributed by atoms with Crippen molar-refractivity contribution in [1.29, 1.82) is 0 Å². The number of hydrogen-bond acceptors (Lipinski definition) is 3. The molecule has 1 rings (SSSR count).